The number of aromatic amines is 1. The number of nitriles is 1. The molecular formula is C24H26N6O4S. The fourth-order valence-corrected chi connectivity index (χ4v) is 5.62. The van der Waals surface area contributed by atoms with E-state index in [1.807, 2.05) is 32.9 Å². The van der Waals surface area contributed by atoms with Crippen molar-refractivity contribution in [3.63, 3.8) is 0 Å². The average Bonchev–Trinajstić information content (AvgIpc) is 3.46. The molecule has 1 amide bonds. The maximum atomic E-state index is 12.8. The second-order valence-electron chi connectivity index (χ2n) is 10.0. The fraction of sp³-hybridized carbons (Fsp3) is 0.417. The molecule has 1 atom stereocenters. The van der Waals surface area contributed by atoms with E-state index in [0.717, 1.165) is 16.5 Å². The smallest absolute Gasteiger partial charge is 0.414 e. The van der Waals surface area contributed by atoms with Crippen LogP contribution < -0.4 is 4.72 Å². The lowest BCUT2D eigenvalue weighted by atomic mass is 9.95. The summed E-state index contributed by atoms with van der Waals surface area (Å²) in [5.41, 5.74) is 0.456. The van der Waals surface area contributed by atoms with Crippen molar-refractivity contribution in [2.24, 2.45) is 0 Å². The number of ether oxygens (including phenoxy) is 1. The molecule has 1 saturated carbocycles. The number of benzene rings is 1. The van der Waals surface area contributed by atoms with E-state index >= 15 is 0 Å². The summed E-state index contributed by atoms with van der Waals surface area (Å²) in [6.45, 7) is 5.97. The number of hydrogen-bond donors (Lipinski definition) is 2. The molecule has 10 nitrogen and oxygen atoms in total. The third-order valence-electron chi connectivity index (χ3n) is 6.15. The summed E-state index contributed by atoms with van der Waals surface area (Å²) in [6.07, 6.45) is 6.41. The van der Waals surface area contributed by atoms with Crippen LogP contribution in [0.15, 0.2) is 41.7 Å². The molecule has 0 bridgehead atoms. The summed E-state index contributed by atoms with van der Waals surface area (Å²) in [6, 6.07) is 6.87. The Morgan fingerprint density at radius 3 is 2.71 bits per heavy atom. The molecule has 2 aromatic heterocycles. The Bertz CT molecular complexity index is 1510. The minimum Gasteiger partial charge on any atom is -0.443 e. The molecule has 11 heteroatoms. The summed E-state index contributed by atoms with van der Waals surface area (Å²) >= 11 is 0. The van der Waals surface area contributed by atoms with Crippen LogP contribution in [0.5, 0.6) is 0 Å². The summed E-state index contributed by atoms with van der Waals surface area (Å²) in [7, 11) is -3.84. The summed E-state index contributed by atoms with van der Waals surface area (Å²) in [5.74, 6) is -0.0476. The van der Waals surface area contributed by atoms with Gasteiger partial charge in [0.1, 0.15) is 23.1 Å². The average molecular weight is 495 g/mol. The molecule has 1 aliphatic carbocycles. The molecule has 5 rings (SSSR count). The number of sulfonamides is 1. The fourth-order valence-electron chi connectivity index (χ4n) is 4.22. The van der Waals surface area contributed by atoms with Crippen molar-refractivity contribution in [3.8, 4) is 6.07 Å². The number of rotatable bonds is 4. The van der Waals surface area contributed by atoms with Gasteiger partial charge in [0.2, 0.25) is 10.0 Å². The van der Waals surface area contributed by atoms with Crippen molar-refractivity contribution in [2.45, 2.75) is 62.0 Å². The Hall–Kier alpha value is -3.49. The molecule has 1 unspecified atom stereocenters. The maximum absolute atomic E-state index is 12.8. The first kappa shape index (κ1) is 23.3. The van der Waals surface area contributed by atoms with Gasteiger partial charge < -0.3 is 9.72 Å². The van der Waals surface area contributed by atoms with Crippen LogP contribution in [0, 0.1) is 11.3 Å². The van der Waals surface area contributed by atoms with Gasteiger partial charge in [0, 0.05) is 35.0 Å². The second kappa shape index (κ2) is 8.03. The standard InChI is InChI=1S/C24H26N6O4S/c1-23(2,3)34-22(31)30-10-6-15(7-11-30)20-19-17-5-4-16(12-18(17)28-21(19)27-14-26-20)35(32,33)29-24(13-25)8-9-24/h4-6,10,12,14-15,29H,7-9,11H2,1-3H3,(H,26,27,28). The van der Waals surface area contributed by atoms with E-state index in [4.69, 9.17) is 4.74 Å². The Labute approximate surface area is 203 Å². The van der Waals surface area contributed by atoms with Crippen molar-refractivity contribution in [3.05, 3.63) is 42.5 Å². The van der Waals surface area contributed by atoms with Crippen LogP contribution in [0.25, 0.3) is 21.9 Å². The van der Waals surface area contributed by atoms with E-state index in [1.165, 1.54) is 12.4 Å². The van der Waals surface area contributed by atoms with Crippen molar-refractivity contribution in [1.82, 2.24) is 24.6 Å². The SMILES string of the molecule is CC(C)(C)OC(=O)N1C=CC(c2ncnc3[nH]c4cc(S(=O)(=O)NC5(C#N)CC5)ccc4c23)CC1. The van der Waals surface area contributed by atoms with Crippen LogP contribution in [0.2, 0.25) is 0 Å². The number of aromatic nitrogens is 3. The first-order valence-corrected chi connectivity index (χ1v) is 12.9. The molecule has 2 N–H and O–H groups in total. The molecular weight excluding hydrogens is 468 g/mol. The van der Waals surface area contributed by atoms with Gasteiger partial charge in [-0.05, 0) is 52.2 Å². The second-order valence-corrected chi connectivity index (χ2v) is 11.7. The van der Waals surface area contributed by atoms with E-state index in [1.54, 1.807) is 23.2 Å². The highest BCUT2D eigenvalue weighted by molar-refractivity contribution is 7.89. The van der Waals surface area contributed by atoms with Crippen LogP contribution in [0.4, 0.5) is 4.79 Å². The Balaban J connectivity index is 1.46. The third-order valence-corrected chi connectivity index (χ3v) is 7.69. The molecule has 2 aliphatic rings. The van der Waals surface area contributed by atoms with Gasteiger partial charge in [-0.2, -0.15) is 9.98 Å². The summed E-state index contributed by atoms with van der Waals surface area (Å²) in [5, 5.41) is 10.9. The Kier molecular flexibility index (Phi) is 5.34. The Morgan fingerprint density at radius 1 is 1.31 bits per heavy atom. The van der Waals surface area contributed by atoms with E-state index in [-0.39, 0.29) is 16.9 Å². The van der Waals surface area contributed by atoms with E-state index in [2.05, 4.69) is 19.7 Å². The molecule has 1 aliphatic heterocycles. The van der Waals surface area contributed by atoms with Gasteiger partial charge in [-0.1, -0.05) is 12.1 Å². The molecule has 1 aromatic carbocycles. The number of hydrogen-bond acceptors (Lipinski definition) is 7. The minimum absolute atomic E-state index is 0.0476. The van der Waals surface area contributed by atoms with Crippen LogP contribution in [0.1, 0.15) is 51.6 Å². The van der Waals surface area contributed by atoms with Crippen molar-refractivity contribution >= 4 is 38.1 Å². The monoisotopic (exact) mass is 494 g/mol. The molecule has 35 heavy (non-hydrogen) atoms. The quantitative estimate of drug-likeness (QED) is 0.563. The zero-order valence-electron chi connectivity index (χ0n) is 19.7. The normalized spacial score (nSPS) is 19.6. The highest BCUT2D eigenvalue weighted by Crippen LogP contribution is 2.37. The first-order valence-electron chi connectivity index (χ1n) is 11.4. The number of allylic oxidation sites excluding steroid dienone is 1. The zero-order valence-corrected chi connectivity index (χ0v) is 20.5. The number of carbonyl (C=O) groups excluding carboxylic acids is 1. The Morgan fingerprint density at radius 2 is 2.09 bits per heavy atom. The van der Waals surface area contributed by atoms with Crippen LogP contribution >= 0.6 is 0 Å². The van der Waals surface area contributed by atoms with Crippen LogP contribution in [0.3, 0.4) is 0 Å². The third kappa shape index (κ3) is 4.47. The van der Waals surface area contributed by atoms with Gasteiger partial charge in [-0.15, -0.1) is 0 Å². The van der Waals surface area contributed by atoms with E-state index in [0.29, 0.717) is 37.0 Å². The van der Waals surface area contributed by atoms with Gasteiger partial charge in [-0.3, -0.25) is 4.90 Å². The van der Waals surface area contributed by atoms with Crippen molar-refractivity contribution in [2.75, 3.05) is 6.54 Å². The van der Waals surface area contributed by atoms with E-state index < -0.39 is 21.2 Å². The molecule has 0 saturated heterocycles. The number of H-pyrrole nitrogens is 1. The minimum atomic E-state index is -3.84. The van der Waals surface area contributed by atoms with Crippen LogP contribution in [-0.4, -0.2) is 52.0 Å². The van der Waals surface area contributed by atoms with Gasteiger partial charge in [-0.25, -0.2) is 23.2 Å². The molecule has 0 radical (unpaired) electrons. The number of amides is 1. The number of nitrogens with zero attached hydrogens (tertiary/aromatic N) is 4. The predicted octanol–water partition coefficient (Wildman–Crippen LogP) is 3.68. The van der Waals surface area contributed by atoms with Gasteiger partial charge in [0.15, 0.2) is 0 Å². The summed E-state index contributed by atoms with van der Waals surface area (Å²) < 4.78 is 33.6. The molecule has 3 aromatic rings. The van der Waals surface area contributed by atoms with Gasteiger partial charge in [0.05, 0.1) is 16.7 Å². The molecule has 1 fully saturated rings. The van der Waals surface area contributed by atoms with Crippen molar-refractivity contribution < 1.29 is 17.9 Å². The van der Waals surface area contributed by atoms with Crippen molar-refractivity contribution in [1.29, 1.82) is 5.26 Å². The van der Waals surface area contributed by atoms with Crippen LogP contribution in [-0.2, 0) is 14.8 Å². The number of carbonyl (C=O) groups is 1. The number of nitrogens with one attached hydrogen (secondary N) is 2. The van der Waals surface area contributed by atoms with E-state index in [9.17, 15) is 18.5 Å². The summed E-state index contributed by atoms with van der Waals surface area (Å²) in [4.78, 5) is 26.1. The first-order chi connectivity index (χ1) is 16.5. The predicted molar refractivity (Wildman–Crippen MR) is 129 cm³/mol. The highest BCUT2D eigenvalue weighted by atomic mass is 32.2. The number of fused-ring (bicyclic) bond motifs is 3. The lowest BCUT2D eigenvalue weighted by molar-refractivity contribution is 0.0324. The molecule has 3 heterocycles. The molecule has 0 spiro atoms. The van der Waals surface area contributed by atoms with Gasteiger partial charge in [0.25, 0.3) is 0 Å². The molecule has 182 valence electrons. The lowest BCUT2D eigenvalue weighted by Crippen LogP contribution is -2.36. The highest BCUT2D eigenvalue weighted by Gasteiger charge is 2.46. The topological polar surface area (TPSA) is 141 Å². The zero-order chi connectivity index (χ0) is 25.0. The lowest BCUT2D eigenvalue weighted by Gasteiger charge is -2.29. The largest absolute Gasteiger partial charge is 0.443 e. The van der Waals surface area contributed by atoms with Gasteiger partial charge >= 0.3 is 6.09 Å². The maximum Gasteiger partial charge on any atom is 0.414 e.